The van der Waals surface area contributed by atoms with Crippen molar-refractivity contribution in [1.82, 2.24) is 15.2 Å². The van der Waals surface area contributed by atoms with E-state index >= 15 is 0 Å². The Hall–Kier alpha value is -2.36. The van der Waals surface area contributed by atoms with E-state index in [0.717, 1.165) is 12.3 Å². The van der Waals surface area contributed by atoms with Crippen LogP contribution in [-0.4, -0.2) is 41.5 Å². The van der Waals surface area contributed by atoms with Crippen LogP contribution in [0.4, 0.5) is 25.0 Å². The monoisotopic (exact) mass is 355 g/mol. The maximum Gasteiger partial charge on any atom is 0.417 e. The zero-order valence-corrected chi connectivity index (χ0v) is 13.4. The van der Waals surface area contributed by atoms with Crippen LogP contribution < -0.4 is 10.6 Å². The minimum atomic E-state index is -4.41. The number of anilines is 2. The van der Waals surface area contributed by atoms with Gasteiger partial charge in [-0.25, -0.2) is 4.98 Å². The number of nitrogens with two attached hydrogens (primary N) is 1. The van der Waals surface area contributed by atoms with Gasteiger partial charge in [0.15, 0.2) is 0 Å². The minimum absolute atomic E-state index is 0.0164. The van der Waals surface area contributed by atoms with Gasteiger partial charge in [0.25, 0.3) is 0 Å². The van der Waals surface area contributed by atoms with Crippen LogP contribution in [0.1, 0.15) is 17.0 Å². The fourth-order valence-electron chi connectivity index (χ4n) is 3.69. The van der Waals surface area contributed by atoms with Crippen molar-refractivity contribution in [3.8, 4) is 0 Å². The van der Waals surface area contributed by atoms with Gasteiger partial charge in [0.2, 0.25) is 5.89 Å². The van der Waals surface area contributed by atoms with Gasteiger partial charge in [-0.2, -0.15) is 13.2 Å². The molecule has 7 nitrogen and oxygen atoms in total. The molecule has 10 heteroatoms. The Morgan fingerprint density at radius 3 is 2.80 bits per heavy atom. The molecule has 2 atom stereocenters. The highest BCUT2D eigenvalue weighted by molar-refractivity contribution is 5.50. The predicted octanol–water partition coefficient (Wildman–Crippen LogP) is 1.78. The zero-order valence-electron chi connectivity index (χ0n) is 13.4. The summed E-state index contributed by atoms with van der Waals surface area (Å²) in [5.41, 5.74) is 4.74. The lowest BCUT2D eigenvalue weighted by atomic mass is 9.81. The van der Waals surface area contributed by atoms with Crippen LogP contribution in [0.3, 0.4) is 0 Å². The molecule has 4 rings (SSSR count). The van der Waals surface area contributed by atoms with Gasteiger partial charge in [0.1, 0.15) is 5.82 Å². The van der Waals surface area contributed by atoms with Crippen molar-refractivity contribution < 1.29 is 22.3 Å². The first-order chi connectivity index (χ1) is 11.8. The van der Waals surface area contributed by atoms with Crippen LogP contribution in [-0.2, 0) is 16.3 Å². The molecule has 2 aromatic heterocycles. The van der Waals surface area contributed by atoms with Gasteiger partial charge in [-0.05, 0) is 18.6 Å². The standard InChI is InChI=1S/C15H16F3N5O2/c1-8-2-9(15(16,17)18)3-20-11(8)23-4-10-5-24-7-14(10,6-23)12-21-22-13(19)25-12/h2-3,10H,4-7H2,1H3,(H2,19,22)/t10-,14-/m0/s1. The van der Waals surface area contributed by atoms with Crippen LogP contribution in [0.25, 0.3) is 0 Å². The molecule has 0 bridgehead atoms. The third-order valence-corrected chi connectivity index (χ3v) is 4.92. The number of aryl methyl sites for hydroxylation is 1. The van der Waals surface area contributed by atoms with Gasteiger partial charge in [-0.1, -0.05) is 5.10 Å². The Balaban J connectivity index is 1.66. The average molecular weight is 355 g/mol. The number of nitrogen functional groups attached to an aromatic ring is 1. The lowest BCUT2D eigenvalue weighted by Crippen LogP contribution is -2.36. The maximum atomic E-state index is 12.8. The summed E-state index contributed by atoms with van der Waals surface area (Å²) in [5, 5.41) is 7.73. The number of ether oxygens (including phenoxy) is 1. The van der Waals surface area contributed by atoms with E-state index in [4.69, 9.17) is 14.9 Å². The summed E-state index contributed by atoms with van der Waals surface area (Å²) in [6, 6.07) is 1.10. The highest BCUT2D eigenvalue weighted by Gasteiger charge is 2.56. The van der Waals surface area contributed by atoms with Crippen LogP contribution in [0.15, 0.2) is 16.7 Å². The molecular formula is C15H16F3N5O2. The van der Waals surface area contributed by atoms with Crippen molar-refractivity contribution in [2.75, 3.05) is 36.9 Å². The van der Waals surface area contributed by atoms with Crippen LogP contribution >= 0.6 is 0 Å². The third kappa shape index (κ3) is 2.51. The summed E-state index contributed by atoms with van der Waals surface area (Å²) >= 11 is 0. The number of pyridine rings is 1. The van der Waals surface area contributed by atoms with E-state index in [9.17, 15) is 13.2 Å². The topological polar surface area (TPSA) is 90.3 Å². The molecule has 0 spiro atoms. The highest BCUT2D eigenvalue weighted by Crippen LogP contribution is 2.45. The van der Waals surface area contributed by atoms with Crippen molar-refractivity contribution in [2.24, 2.45) is 5.92 Å². The third-order valence-electron chi connectivity index (χ3n) is 4.92. The molecule has 2 saturated heterocycles. The number of fused-ring (bicyclic) bond motifs is 1. The molecule has 0 unspecified atom stereocenters. The summed E-state index contributed by atoms with van der Waals surface area (Å²) in [6.07, 6.45) is -3.54. The first-order valence-electron chi connectivity index (χ1n) is 7.75. The van der Waals surface area contributed by atoms with E-state index in [1.807, 2.05) is 4.90 Å². The fourth-order valence-corrected chi connectivity index (χ4v) is 3.69. The van der Waals surface area contributed by atoms with Crippen molar-refractivity contribution in [2.45, 2.75) is 18.5 Å². The molecule has 25 heavy (non-hydrogen) atoms. The molecule has 2 fully saturated rings. The Morgan fingerprint density at radius 2 is 2.16 bits per heavy atom. The first-order valence-corrected chi connectivity index (χ1v) is 7.75. The molecular weight excluding hydrogens is 339 g/mol. The summed E-state index contributed by atoms with van der Waals surface area (Å²) in [7, 11) is 0. The minimum Gasteiger partial charge on any atom is -0.407 e. The molecule has 0 aliphatic carbocycles. The van der Waals surface area contributed by atoms with Crippen LogP contribution in [0.5, 0.6) is 0 Å². The van der Waals surface area contributed by atoms with E-state index in [-0.39, 0.29) is 11.9 Å². The summed E-state index contributed by atoms with van der Waals surface area (Å²) in [5.74, 6) is 1.00. The summed E-state index contributed by atoms with van der Waals surface area (Å²) in [6.45, 7) is 3.59. The lowest BCUT2D eigenvalue weighted by Gasteiger charge is -2.24. The molecule has 0 saturated carbocycles. The summed E-state index contributed by atoms with van der Waals surface area (Å²) < 4.78 is 49.5. The van der Waals surface area contributed by atoms with Gasteiger partial charge in [0, 0.05) is 25.2 Å². The number of nitrogens with zero attached hydrogens (tertiary/aromatic N) is 4. The van der Waals surface area contributed by atoms with Crippen LogP contribution in [0.2, 0.25) is 0 Å². The Kier molecular flexibility index (Phi) is 3.43. The molecule has 0 amide bonds. The molecule has 2 N–H and O–H groups in total. The van der Waals surface area contributed by atoms with Crippen molar-refractivity contribution in [3.63, 3.8) is 0 Å². The van der Waals surface area contributed by atoms with Gasteiger partial charge in [-0.3, -0.25) is 0 Å². The number of alkyl halides is 3. The van der Waals surface area contributed by atoms with Crippen molar-refractivity contribution in [3.05, 3.63) is 29.3 Å². The highest BCUT2D eigenvalue weighted by atomic mass is 19.4. The zero-order chi connectivity index (χ0) is 17.8. The van der Waals surface area contributed by atoms with Crippen molar-refractivity contribution in [1.29, 1.82) is 0 Å². The SMILES string of the molecule is Cc1cc(C(F)(F)F)cnc1N1C[C@H]2COC[C@@]2(c2nnc(N)o2)C1. The molecule has 2 aliphatic rings. The second-order valence-electron chi connectivity index (χ2n) is 6.56. The van der Waals surface area contributed by atoms with Crippen LogP contribution in [0, 0.1) is 12.8 Å². The Morgan fingerprint density at radius 1 is 1.36 bits per heavy atom. The van der Waals surface area contributed by atoms with E-state index in [2.05, 4.69) is 15.2 Å². The maximum absolute atomic E-state index is 12.8. The number of halogens is 3. The second-order valence-corrected chi connectivity index (χ2v) is 6.56. The Labute approximate surface area is 141 Å². The van der Waals surface area contributed by atoms with E-state index in [1.54, 1.807) is 6.92 Å². The first kappa shape index (κ1) is 16.1. The Bertz CT molecular complexity index is 809. The van der Waals surface area contributed by atoms with Gasteiger partial charge in [-0.15, -0.1) is 5.10 Å². The lowest BCUT2D eigenvalue weighted by molar-refractivity contribution is -0.137. The molecule has 2 aliphatic heterocycles. The number of hydrogen-bond acceptors (Lipinski definition) is 7. The quantitative estimate of drug-likeness (QED) is 0.878. The molecule has 134 valence electrons. The van der Waals surface area contributed by atoms with Gasteiger partial charge in [0.05, 0.1) is 24.2 Å². The normalized spacial score (nSPS) is 26.2. The largest absolute Gasteiger partial charge is 0.417 e. The predicted molar refractivity (Wildman–Crippen MR) is 80.9 cm³/mol. The van der Waals surface area contributed by atoms with Gasteiger partial charge < -0.3 is 19.8 Å². The second kappa shape index (κ2) is 5.32. The van der Waals surface area contributed by atoms with E-state index in [0.29, 0.717) is 43.6 Å². The fraction of sp³-hybridized carbons (Fsp3) is 0.533. The molecule has 2 aromatic rings. The van der Waals surface area contributed by atoms with E-state index < -0.39 is 17.2 Å². The molecule has 4 heterocycles. The number of aromatic nitrogens is 3. The van der Waals surface area contributed by atoms with E-state index in [1.165, 1.54) is 0 Å². The molecule has 0 aromatic carbocycles. The van der Waals surface area contributed by atoms with Crippen molar-refractivity contribution >= 4 is 11.8 Å². The average Bonchev–Trinajstić information content (AvgIpc) is 3.19. The number of hydrogen-bond donors (Lipinski definition) is 1. The molecule has 0 radical (unpaired) electrons. The number of rotatable bonds is 2. The smallest absolute Gasteiger partial charge is 0.407 e. The summed E-state index contributed by atoms with van der Waals surface area (Å²) in [4.78, 5) is 6.01. The van der Waals surface area contributed by atoms with Gasteiger partial charge >= 0.3 is 12.2 Å².